The van der Waals surface area contributed by atoms with Crippen LogP contribution in [0.25, 0.3) is 0 Å². The molecule has 0 atom stereocenters. The zero-order valence-corrected chi connectivity index (χ0v) is 18.6. The third-order valence-electron chi connectivity index (χ3n) is 4.50. The lowest BCUT2D eigenvalue weighted by molar-refractivity contribution is -0.138. The van der Waals surface area contributed by atoms with Gasteiger partial charge in [-0.1, -0.05) is 97.1 Å². The minimum Gasteiger partial charge on any atom is -0.478 e. The summed E-state index contributed by atoms with van der Waals surface area (Å²) in [6.45, 7) is 9.75. The van der Waals surface area contributed by atoms with Gasteiger partial charge >= 0.3 is 11.9 Å². The predicted octanol–water partition coefficient (Wildman–Crippen LogP) is 7.23. The van der Waals surface area contributed by atoms with Crippen LogP contribution in [0.15, 0.2) is 24.3 Å². The molecule has 0 aliphatic rings. The van der Waals surface area contributed by atoms with Crippen molar-refractivity contribution < 1.29 is 19.4 Å². The number of hydrogen-bond acceptors (Lipinski definition) is 3. The van der Waals surface area contributed by atoms with E-state index in [4.69, 9.17) is 5.11 Å². The average Bonchev–Trinajstić information content (AvgIpc) is 2.69. The second-order valence-electron chi connectivity index (χ2n) is 7.24. The molecule has 0 amide bonds. The number of allylic oxidation sites excluding steroid dienone is 1. The molecule has 0 saturated carbocycles. The number of rotatable bonds is 17. The summed E-state index contributed by atoms with van der Waals surface area (Å²) in [5.74, 6) is -1.12. The number of carboxylic acid groups (broad SMARTS) is 1. The topological polar surface area (TPSA) is 63.6 Å². The highest BCUT2D eigenvalue weighted by molar-refractivity contribution is 5.85. The number of carbonyl (C=O) groups excluding carboxylic acids is 1. The second-order valence-corrected chi connectivity index (χ2v) is 7.24. The van der Waals surface area contributed by atoms with E-state index in [0.29, 0.717) is 12.2 Å². The molecule has 0 saturated heterocycles. The van der Waals surface area contributed by atoms with Crippen LogP contribution in [0.5, 0.6) is 0 Å². The van der Waals surface area contributed by atoms with E-state index < -0.39 is 5.97 Å². The summed E-state index contributed by atoms with van der Waals surface area (Å²) < 4.78 is 4.67. The Bertz CT molecular complexity index is 413. The Morgan fingerprint density at radius 2 is 1.29 bits per heavy atom. The molecule has 28 heavy (non-hydrogen) atoms. The highest BCUT2D eigenvalue weighted by Gasteiger charge is 1.98. The van der Waals surface area contributed by atoms with Crippen LogP contribution < -0.4 is 0 Å². The lowest BCUT2D eigenvalue weighted by Gasteiger charge is -2.02. The lowest BCUT2D eigenvalue weighted by Crippen LogP contribution is -2.00. The zero-order chi connectivity index (χ0) is 21.5. The van der Waals surface area contributed by atoms with Crippen molar-refractivity contribution in [3.05, 3.63) is 24.3 Å². The summed E-state index contributed by atoms with van der Waals surface area (Å²) in [7, 11) is 0. The van der Waals surface area contributed by atoms with Crippen molar-refractivity contribution in [2.45, 2.75) is 111 Å². The molecule has 0 rings (SSSR count). The molecule has 0 aromatic heterocycles. The third-order valence-corrected chi connectivity index (χ3v) is 4.50. The first kappa shape index (κ1) is 28.6. The van der Waals surface area contributed by atoms with E-state index in [0.717, 1.165) is 25.7 Å². The fourth-order valence-electron chi connectivity index (χ4n) is 2.59. The highest BCUT2D eigenvalue weighted by Crippen LogP contribution is 2.12. The first-order valence-corrected chi connectivity index (χ1v) is 11.2. The molecule has 0 unspecified atom stereocenters. The quantitative estimate of drug-likeness (QED) is 0.160. The number of aliphatic carboxylic acids is 1. The van der Waals surface area contributed by atoms with Crippen LogP contribution in [0.4, 0.5) is 0 Å². The Kier molecular flexibility index (Phi) is 24.0. The van der Waals surface area contributed by atoms with Crippen molar-refractivity contribution in [1.82, 2.24) is 0 Å². The Morgan fingerprint density at radius 1 is 0.821 bits per heavy atom. The van der Waals surface area contributed by atoms with E-state index in [1.807, 2.05) is 13.0 Å². The predicted molar refractivity (Wildman–Crippen MR) is 119 cm³/mol. The number of unbranched alkanes of at least 4 members (excludes halogenated alkanes) is 12. The van der Waals surface area contributed by atoms with E-state index in [1.165, 1.54) is 70.3 Å². The van der Waals surface area contributed by atoms with Crippen LogP contribution in [-0.4, -0.2) is 23.7 Å². The smallest absolute Gasteiger partial charge is 0.330 e. The van der Waals surface area contributed by atoms with Gasteiger partial charge in [0, 0.05) is 11.6 Å². The molecular formula is C24H44O4. The Morgan fingerprint density at radius 3 is 1.71 bits per heavy atom. The summed E-state index contributed by atoms with van der Waals surface area (Å²) in [4.78, 5) is 20.9. The molecule has 4 heteroatoms. The number of ether oxygens (including phenoxy) is 1. The molecule has 1 N–H and O–H groups in total. The third kappa shape index (κ3) is 24.4. The number of carbonyl (C=O) groups is 2. The van der Waals surface area contributed by atoms with Crippen LogP contribution in [0.1, 0.15) is 111 Å². The van der Waals surface area contributed by atoms with Gasteiger partial charge in [0.05, 0.1) is 6.61 Å². The average molecular weight is 397 g/mol. The van der Waals surface area contributed by atoms with E-state index in [1.54, 1.807) is 6.92 Å². The monoisotopic (exact) mass is 396 g/mol. The molecule has 0 aliphatic carbocycles. The molecule has 0 radical (unpaired) electrons. The molecule has 0 aromatic rings. The van der Waals surface area contributed by atoms with Gasteiger partial charge in [-0.25, -0.2) is 9.59 Å². The van der Waals surface area contributed by atoms with Gasteiger partial charge in [0.1, 0.15) is 0 Å². The Balaban J connectivity index is 0. The SMILES string of the molecule is C=CC(=O)OCCCC.CCCCCCCCCCCCCC=C(C)C(=O)O. The molecule has 0 fully saturated rings. The Hall–Kier alpha value is -1.58. The maximum Gasteiger partial charge on any atom is 0.330 e. The summed E-state index contributed by atoms with van der Waals surface area (Å²) in [6, 6.07) is 0. The van der Waals surface area contributed by atoms with Gasteiger partial charge in [-0.3, -0.25) is 0 Å². The van der Waals surface area contributed by atoms with E-state index in [-0.39, 0.29) is 5.97 Å². The Labute approximate surface area is 173 Å². The van der Waals surface area contributed by atoms with Gasteiger partial charge in [-0.2, -0.15) is 0 Å². The van der Waals surface area contributed by atoms with Crippen molar-refractivity contribution in [1.29, 1.82) is 0 Å². The largest absolute Gasteiger partial charge is 0.478 e. The van der Waals surface area contributed by atoms with Gasteiger partial charge in [-0.05, 0) is 26.2 Å². The van der Waals surface area contributed by atoms with Crippen LogP contribution in [-0.2, 0) is 14.3 Å². The van der Waals surface area contributed by atoms with Crippen LogP contribution in [0.2, 0.25) is 0 Å². The fraction of sp³-hybridized carbons (Fsp3) is 0.750. The molecule has 0 aromatic carbocycles. The normalized spacial score (nSPS) is 10.8. The molecule has 0 bridgehead atoms. The van der Waals surface area contributed by atoms with Gasteiger partial charge in [0.2, 0.25) is 0 Å². The first-order chi connectivity index (χ1) is 13.5. The highest BCUT2D eigenvalue weighted by atomic mass is 16.5. The van der Waals surface area contributed by atoms with E-state index in [9.17, 15) is 9.59 Å². The van der Waals surface area contributed by atoms with Gasteiger partial charge in [0.15, 0.2) is 0 Å². The summed E-state index contributed by atoms with van der Waals surface area (Å²) in [6.07, 6.45) is 20.6. The second kappa shape index (κ2) is 23.5. The van der Waals surface area contributed by atoms with Crippen LogP contribution >= 0.6 is 0 Å². The van der Waals surface area contributed by atoms with Crippen molar-refractivity contribution in [2.24, 2.45) is 0 Å². The fourth-order valence-corrected chi connectivity index (χ4v) is 2.59. The number of esters is 1. The summed E-state index contributed by atoms with van der Waals surface area (Å²) in [5, 5.41) is 8.69. The summed E-state index contributed by atoms with van der Waals surface area (Å²) in [5.41, 5.74) is 0.479. The van der Waals surface area contributed by atoms with E-state index >= 15 is 0 Å². The van der Waals surface area contributed by atoms with E-state index in [2.05, 4.69) is 18.2 Å². The zero-order valence-electron chi connectivity index (χ0n) is 18.6. The maximum absolute atomic E-state index is 10.6. The molecule has 164 valence electrons. The minimum absolute atomic E-state index is 0.330. The van der Waals surface area contributed by atoms with Crippen LogP contribution in [0, 0.1) is 0 Å². The van der Waals surface area contributed by atoms with Crippen molar-refractivity contribution in [3.8, 4) is 0 Å². The van der Waals surface area contributed by atoms with Crippen molar-refractivity contribution >= 4 is 11.9 Å². The van der Waals surface area contributed by atoms with Crippen molar-refractivity contribution in [3.63, 3.8) is 0 Å². The molecule has 4 nitrogen and oxygen atoms in total. The number of carboxylic acids is 1. The minimum atomic E-state index is -0.789. The van der Waals surface area contributed by atoms with Crippen molar-refractivity contribution in [2.75, 3.05) is 6.61 Å². The molecule has 0 heterocycles. The summed E-state index contributed by atoms with van der Waals surface area (Å²) >= 11 is 0. The first-order valence-electron chi connectivity index (χ1n) is 11.2. The molecule has 0 aliphatic heterocycles. The van der Waals surface area contributed by atoms with Gasteiger partial charge < -0.3 is 9.84 Å². The standard InChI is InChI=1S/C17H32O2.C7H12O2/c1-3-4-5-6-7-8-9-10-11-12-13-14-15-16(2)17(18)19;1-3-5-6-9-7(8)4-2/h15H,3-14H2,1-2H3,(H,18,19);4H,2-3,5-6H2,1H3. The molecular weight excluding hydrogens is 352 g/mol. The van der Waals surface area contributed by atoms with Gasteiger partial charge in [-0.15, -0.1) is 0 Å². The van der Waals surface area contributed by atoms with Crippen LogP contribution in [0.3, 0.4) is 0 Å². The molecule has 0 spiro atoms. The lowest BCUT2D eigenvalue weighted by atomic mass is 10.0. The number of hydrogen-bond donors (Lipinski definition) is 1. The van der Waals surface area contributed by atoms with Gasteiger partial charge in [0.25, 0.3) is 0 Å². The maximum atomic E-state index is 10.6.